The highest BCUT2D eigenvalue weighted by Gasteiger charge is 2.44. The molecule has 1 aliphatic heterocycles. The number of carbonyl (C=O) groups is 1. The Kier molecular flexibility index (Phi) is 3.83. The van der Waals surface area contributed by atoms with Crippen LogP contribution < -0.4 is 10.4 Å². The molecule has 0 bridgehead atoms. The van der Waals surface area contributed by atoms with Crippen LogP contribution in [-0.2, 0) is 0 Å². The summed E-state index contributed by atoms with van der Waals surface area (Å²) in [6, 6.07) is 25.7. The summed E-state index contributed by atoms with van der Waals surface area (Å²) in [7, 11) is 0. The molecule has 1 aromatic heterocycles. The van der Waals surface area contributed by atoms with Crippen molar-refractivity contribution in [1.29, 1.82) is 0 Å². The monoisotopic (exact) mass is 368 g/mol. The Morgan fingerprint density at radius 1 is 0.786 bits per heavy atom. The summed E-state index contributed by atoms with van der Waals surface area (Å²) < 4.78 is 11.7. The van der Waals surface area contributed by atoms with Crippen LogP contribution in [0.2, 0.25) is 0 Å². The number of hydrogen-bond donors (Lipinski definition) is 0. The highest BCUT2D eigenvalue weighted by atomic mass is 16.5. The van der Waals surface area contributed by atoms with Gasteiger partial charge in [-0.05, 0) is 17.7 Å². The number of fused-ring (bicyclic) bond motifs is 3. The van der Waals surface area contributed by atoms with E-state index in [1.807, 2.05) is 60.7 Å². The van der Waals surface area contributed by atoms with E-state index >= 15 is 0 Å². The fourth-order valence-corrected chi connectivity index (χ4v) is 3.85. The van der Waals surface area contributed by atoms with Gasteiger partial charge >= 0.3 is 5.63 Å². The molecular weight excluding hydrogens is 352 g/mol. The Morgan fingerprint density at radius 2 is 1.43 bits per heavy atom. The number of carbonyl (C=O) groups excluding carboxylic acids is 1. The molecule has 0 spiro atoms. The third kappa shape index (κ3) is 2.54. The highest BCUT2D eigenvalue weighted by Crippen LogP contribution is 2.44. The molecule has 4 nitrogen and oxygen atoms in total. The van der Waals surface area contributed by atoms with E-state index in [4.69, 9.17) is 9.15 Å². The topological polar surface area (TPSA) is 56.5 Å². The zero-order valence-electron chi connectivity index (χ0n) is 14.9. The van der Waals surface area contributed by atoms with Crippen molar-refractivity contribution in [2.45, 2.75) is 12.0 Å². The number of Topliss-reactive ketones (excluding diaryl/α,β-unsaturated/α-hetero) is 1. The molecule has 0 saturated heterocycles. The van der Waals surface area contributed by atoms with Crippen molar-refractivity contribution in [1.82, 2.24) is 0 Å². The van der Waals surface area contributed by atoms with Gasteiger partial charge in [-0.1, -0.05) is 72.8 Å². The average molecular weight is 368 g/mol. The molecule has 5 rings (SSSR count). The summed E-state index contributed by atoms with van der Waals surface area (Å²) in [5.74, 6) is -0.242. The Morgan fingerprint density at radius 3 is 2.18 bits per heavy atom. The summed E-state index contributed by atoms with van der Waals surface area (Å²) in [6.45, 7) is 0. The van der Waals surface area contributed by atoms with Crippen LogP contribution in [0.25, 0.3) is 11.0 Å². The molecule has 0 saturated carbocycles. The van der Waals surface area contributed by atoms with Gasteiger partial charge in [-0.15, -0.1) is 0 Å². The van der Waals surface area contributed by atoms with Gasteiger partial charge in [0, 0.05) is 5.56 Å². The van der Waals surface area contributed by atoms with E-state index in [0.29, 0.717) is 27.8 Å². The molecule has 136 valence electrons. The van der Waals surface area contributed by atoms with Gasteiger partial charge in [0.2, 0.25) is 5.78 Å². The van der Waals surface area contributed by atoms with Crippen LogP contribution in [-0.4, -0.2) is 11.9 Å². The lowest BCUT2D eigenvalue weighted by molar-refractivity contribution is 0.0808. The second-order valence-corrected chi connectivity index (χ2v) is 6.79. The minimum Gasteiger partial charge on any atom is -0.480 e. The third-order valence-corrected chi connectivity index (χ3v) is 5.13. The van der Waals surface area contributed by atoms with Crippen molar-refractivity contribution in [3.63, 3.8) is 0 Å². The lowest BCUT2D eigenvalue weighted by Gasteiger charge is -2.18. The van der Waals surface area contributed by atoms with E-state index in [-0.39, 0.29) is 5.78 Å². The summed E-state index contributed by atoms with van der Waals surface area (Å²) in [6.07, 6.45) is -0.825. The Labute approximate surface area is 161 Å². The molecule has 1 aliphatic rings. The van der Waals surface area contributed by atoms with Crippen LogP contribution in [0.4, 0.5) is 0 Å². The van der Waals surface area contributed by atoms with E-state index in [1.54, 1.807) is 24.3 Å². The molecule has 0 fully saturated rings. The van der Waals surface area contributed by atoms with Gasteiger partial charge in [0.25, 0.3) is 0 Å². The first-order valence-electron chi connectivity index (χ1n) is 9.10. The van der Waals surface area contributed by atoms with Gasteiger partial charge in [-0.3, -0.25) is 4.79 Å². The standard InChI is InChI=1S/C24H16O4/c25-21(16-11-5-2-6-12-16)23-19(15-9-3-1-4-10-15)20-22(28-23)17-13-7-8-14-18(17)27-24(20)26/h1-14,19,23H/t19-,23-/m1/s1. The molecule has 2 heterocycles. The molecule has 28 heavy (non-hydrogen) atoms. The zero-order valence-corrected chi connectivity index (χ0v) is 14.9. The molecule has 0 radical (unpaired) electrons. The van der Waals surface area contributed by atoms with Crippen molar-refractivity contribution >= 4 is 16.8 Å². The Hall–Kier alpha value is -3.66. The van der Waals surface area contributed by atoms with Gasteiger partial charge in [-0.25, -0.2) is 4.79 Å². The number of rotatable bonds is 3. The Balaban J connectivity index is 1.74. The third-order valence-electron chi connectivity index (χ3n) is 5.13. The number of para-hydroxylation sites is 1. The van der Waals surface area contributed by atoms with Gasteiger partial charge in [0.15, 0.2) is 6.10 Å². The normalized spacial score (nSPS) is 17.9. The maximum atomic E-state index is 13.3. The van der Waals surface area contributed by atoms with Crippen LogP contribution in [0.15, 0.2) is 94.1 Å². The predicted molar refractivity (Wildman–Crippen MR) is 106 cm³/mol. The maximum Gasteiger partial charge on any atom is 0.344 e. The highest BCUT2D eigenvalue weighted by molar-refractivity contribution is 6.02. The second-order valence-electron chi connectivity index (χ2n) is 6.79. The van der Waals surface area contributed by atoms with E-state index < -0.39 is 17.6 Å². The van der Waals surface area contributed by atoms with E-state index in [2.05, 4.69) is 0 Å². The number of ketones is 1. The van der Waals surface area contributed by atoms with Crippen LogP contribution >= 0.6 is 0 Å². The first-order valence-corrected chi connectivity index (χ1v) is 9.10. The van der Waals surface area contributed by atoms with Crippen LogP contribution in [0.1, 0.15) is 27.4 Å². The van der Waals surface area contributed by atoms with E-state index in [9.17, 15) is 9.59 Å². The quantitative estimate of drug-likeness (QED) is 0.393. The van der Waals surface area contributed by atoms with Crippen molar-refractivity contribution in [2.75, 3.05) is 0 Å². The second kappa shape index (κ2) is 6.50. The lowest BCUT2D eigenvalue weighted by atomic mass is 9.85. The molecule has 0 aliphatic carbocycles. The summed E-state index contributed by atoms with van der Waals surface area (Å²) in [5.41, 5.74) is 1.78. The molecule has 3 aromatic carbocycles. The number of benzene rings is 3. The van der Waals surface area contributed by atoms with Gasteiger partial charge in [0.05, 0.1) is 16.9 Å². The minimum absolute atomic E-state index is 0.158. The van der Waals surface area contributed by atoms with E-state index in [1.165, 1.54) is 0 Å². The summed E-state index contributed by atoms with van der Waals surface area (Å²) in [4.78, 5) is 26.1. The van der Waals surface area contributed by atoms with Crippen molar-refractivity contribution in [3.05, 3.63) is 112 Å². The molecule has 0 amide bonds. The van der Waals surface area contributed by atoms with Crippen molar-refractivity contribution < 1.29 is 13.9 Å². The minimum atomic E-state index is -0.825. The molecule has 4 heteroatoms. The summed E-state index contributed by atoms with van der Waals surface area (Å²) >= 11 is 0. The summed E-state index contributed by atoms with van der Waals surface area (Å²) in [5, 5.41) is 0.696. The smallest absolute Gasteiger partial charge is 0.344 e. The van der Waals surface area contributed by atoms with Crippen molar-refractivity contribution in [3.8, 4) is 5.75 Å². The SMILES string of the molecule is O=C(c1ccccc1)[C@@H]1Oc2c(c(=O)oc3ccccc23)[C@H]1c1ccccc1. The van der Waals surface area contributed by atoms with Crippen molar-refractivity contribution in [2.24, 2.45) is 0 Å². The van der Waals surface area contributed by atoms with Crippen LogP contribution in [0, 0.1) is 0 Å². The fourth-order valence-electron chi connectivity index (χ4n) is 3.85. The van der Waals surface area contributed by atoms with Gasteiger partial charge in [0.1, 0.15) is 11.3 Å². The van der Waals surface area contributed by atoms with E-state index in [0.717, 1.165) is 5.56 Å². The largest absolute Gasteiger partial charge is 0.480 e. The predicted octanol–water partition coefficient (Wildman–Crippen LogP) is 4.57. The molecule has 4 aromatic rings. The fraction of sp³-hybridized carbons (Fsp3) is 0.0833. The number of ether oxygens (including phenoxy) is 1. The first-order chi connectivity index (χ1) is 13.7. The van der Waals surface area contributed by atoms with Gasteiger partial charge in [-0.2, -0.15) is 0 Å². The maximum absolute atomic E-state index is 13.3. The number of hydrogen-bond acceptors (Lipinski definition) is 4. The molecular formula is C24H16O4. The zero-order chi connectivity index (χ0) is 19.1. The Bertz CT molecular complexity index is 1230. The van der Waals surface area contributed by atoms with Gasteiger partial charge < -0.3 is 9.15 Å². The van der Waals surface area contributed by atoms with Crippen LogP contribution in [0.3, 0.4) is 0 Å². The average Bonchev–Trinajstić information content (AvgIpc) is 3.16. The molecule has 0 N–H and O–H groups in total. The molecule has 0 unspecified atom stereocenters. The molecule has 2 atom stereocenters. The lowest BCUT2D eigenvalue weighted by Crippen LogP contribution is -2.31. The first kappa shape index (κ1) is 16.5. The van der Waals surface area contributed by atoms with Crippen LogP contribution in [0.5, 0.6) is 5.75 Å².